The molecule has 7 heteroatoms. The van der Waals surface area contributed by atoms with Crippen molar-refractivity contribution in [1.29, 1.82) is 0 Å². The van der Waals surface area contributed by atoms with Gasteiger partial charge in [0.2, 0.25) is 5.69 Å². The maximum atomic E-state index is 9.12. The summed E-state index contributed by atoms with van der Waals surface area (Å²) in [6, 6.07) is 26.5. The molecule has 4 aromatic carbocycles. The van der Waals surface area contributed by atoms with Crippen LogP contribution in [0.1, 0.15) is 108 Å². The third-order valence-electron chi connectivity index (χ3n) is 9.78. The van der Waals surface area contributed by atoms with E-state index in [1.165, 1.54) is 21.3 Å². The molecule has 0 unspecified atom stereocenters. The van der Waals surface area contributed by atoms with Gasteiger partial charge in [-0.15, -0.1) is 29.1 Å². The molecule has 0 saturated heterocycles. The Morgan fingerprint density at radius 3 is 2.11 bits per heavy atom. The number of ether oxygens (including phenoxy) is 1. The van der Waals surface area contributed by atoms with Crippen molar-refractivity contribution < 1.29 is 43.6 Å². The summed E-state index contributed by atoms with van der Waals surface area (Å²) in [5, 5.41) is 1.89. The summed E-state index contributed by atoms with van der Waals surface area (Å²) in [6.07, 6.45) is 1.80. The molecule has 7 aromatic rings. The van der Waals surface area contributed by atoms with Gasteiger partial charge in [0, 0.05) is 59.9 Å². The zero-order chi connectivity index (χ0) is 50.0. The van der Waals surface area contributed by atoms with E-state index in [1.54, 1.807) is 6.20 Å². The van der Waals surface area contributed by atoms with Crippen LogP contribution < -0.4 is 13.9 Å². The molecule has 0 N–H and O–H groups in total. The molecule has 0 radical (unpaired) electrons. The quantitative estimate of drug-likeness (QED) is 0.128. The van der Waals surface area contributed by atoms with E-state index in [1.807, 2.05) is 75.6 Å². The van der Waals surface area contributed by atoms with Crippen LogP contribution in [0.15, 0.2) is 97.1 Å². The van der Waals surface area contributed by atoms with Gasteiger partial charge in [-0.05, 0) is 69.4 Å². The van der Waals surface area contributed by atoms with Gasteiger partial charge in [0.05, 0.1) is 16.7 Å². The fourth-order valence-electron chi connectivity index (χ4n) is 6.87. The molecule has 0 aliphatic carbocycles. The van der Waals surface area contributed by atoms with Gasteiger partial charge in [-0.1, -0.05) is 109 Å². The first-order chi connectivity index (χ1) is 31.4. The van der Waals surface area contributed by atoms with E-state index in [0.717, 1.165) is 50.9 Å². The molecule has 1 aliphatic heterocycles. The second-order valence-electron chi connectivity index (χ2n) is 16.1. The third kappa shape index (κ3) is 7.17. The first-order valence-corrected chi connectivity index (χ1v) is 18.0. The molecule has 3 aromatic heterocycles. The summed E-state index contributed by atoms with van der Waals surface area (Å²) >= 11 is 0. The first-order valence-electron chi connectivity index (χ1n) is 24.5. The summed E-state index contributed by atoms with van der Waals surface area (Å²) in [5.74, 6) is 1.30. The number of hydrogen-bond donors (Lipinski definition) is 0. The molecule has 0 bridgehead atoms. The molecule has 1 aliphatic rings. The number of aromatic nitrogens is 3. The predicted octanol–water partition coefficient (Wildman–Crippen LogP) is 12.3. The average molecular weight is 932 g/mol. The normalized spacial score (nSPS) is 17.1. The fourth-order valence-corrected chi connectivity index (χ4v) is 6.87. The minimum Gasteiger partial charge on any atom is -0.509 e. The number of aryl methyl sites for hydroxylation is 2. The Kier molecular flexibility index (Phi) is 6.52. The van der Waals surface area contributed by atoms with Crippen LogP contribution in [-0.2, 0) is 37.3 Å². The average Bonchev–Trinajstić information content (AvgIpc) is 3.77. The number of pyridine rings is 2. The molecular weight excluding hydrogens is 870 g/mol. The summed E-state index contributed by atoms with van der Waals surface area (Å²) in [4.78, 5) is 9.62. The molecule has 8 rings (SSSR count). The molecule has 6 nitrogen and oxygen atoms in total. The maximum absolute atomic E-state index is 9.12. The number of fused-ring (bicyclic) bond motifs is 4. The molecule has 56 heavy (non-hydrogen) atoms. The number of benzene rings is 4. The summed E-state index contributed by atoms with van der Waals surface area (Å²) < 4.78 is 121. The van der Waals surface area contributed by atoms with Crippen LogP contribution in [0.5, 0.6) is 11.5 Å². The van der Waals surface area contributed by atoms with Gasteiger partial charge in [-0.3, -0.25) is 4.98 Å². The van der Waals surface area contributed by atoms with Crippen molar-refractivity contribution >= 4 is 50.6 Å². The molecule has 4 heterocycles. The van der Waals surface area contributed by atoms with Crippen molar-refractivity contribution in [1.82, 2.24) is 23.7 Å². The minimum absolute atomic E-state index is 0. The second kappa shape index (κ2) is 14.1. The van der Waals surface area contributed by atoms with E-state index in [0.29, 0.717) is 22.8 Å². The van der Waals surface area contributed by atoms with Crippen molar-refractivity contribution in [2.75, 3.05) is 0 Å². The number of para-hydroxylation sites is 2. The number of rotatable bonds is 5. The van der Waals surface area contributed by atoms with E-state index >= 15 is 0 Å². The summed E-state index contributed by atoms with van der Waals surface area (Å²) in [7, 11) is 0. The smallest absolute Gasteiger partial charge is 0.509 e. The van der Waals surface area contributed by atoms with Crippen molar-refractivity contribution in [2.45, 2.75) is 92.2 Å². The third-order valence-corrected chi connectivity index (χ3v) is 9.78. The van der Waals surface area contributed by atoms with E-state index in [9.17, 15) is 0 Å². The van der Waals surface area contributed by atoms with E-state index in [2.05, 4.69) is 45.0 Å². The SMILES string of the molecule is [2H]c1c([2H])c([2H])c2c(c1[2H])[N+](c1[c-]c(Oc3[c-]c4c(cc3)c3cc(C)nc(C)c3n4-c3cc(C(C)(C)C)ccn3)cc(C(C)(C)C)c1)=C=[N+]2c1ccc(C(C([2H])([2H])[2H])(C([2H])([2H])[2H])C([2H])([2H])[2H])cc1.[Pt+2]. The van der Waals surface area contributed by atoms with Gasteiger partial charge < -0.3 is 9.30 Å². The van der Waals surface area contributed by atoms with E-state index < -0.39 is 61.1 Å². The molecule has 284 valence electrons. The van der Waals surface area contributed by atoms with Crippen molar-refractivity contribution in [3.8, 4) is 17.3 Å². The van der Waals surface area contributed by atoms with Gasteiger partial charge in [-0.2, -0.15) is 6.07 Å². The topological polar surface area (TPSA) is 46.0 Å². The fraction of sp³-hybridized carbons (Fsp3) is 0.286. The first kappa shape index (κ1) is 25.9. The second-order valence-corrected chi connectivity index (χ2v) is 16.1. The van der Waals surface area contributed by atoms with Crippen LogP contribution in [0.4, 0.5) is 22.7 Å². The molecule has 0 atom stereocenters. The Morgan fingerprint density at radius 1 is 0.732 bits per heavy atom. The number of hydrogen-bond acceptors (Lipinski definition) is 3. The Bertz CT molecular complexity index is 3260. The van der Waals surface area contributed by atoms with Crippen molar-refractivity contribution in [3.63, 3.8) is 0 Å². The van der Waals surface area contributed by atoms with Gasteiger partial charge in [0.15, 0.2) is 0 Å². The predicted molar refractivity (Wildman–Crippen MR) is 227 cm³/mol. The van der Waals surface area contributed by atoms with E-state index in [-0.39, 0.29) is 49.3 Å². The molecule has 0 amide bonds. The van der Waals surface area contributed by atoms with E-state index in [4.69, 9.17) is 32.5 Å². The maximum Gasteiger partial charge on any atom is 2.00 e. The molecule has 0 spiro atoms. The minimum atomic E-state index is -3.49. The van der Waals surface area contributed by atoms with Gasteiger partial charge in [0.25, 0.3) is 11.4 Å². The van der Waals surface area contributed by atoms with Crippen molar-refractivity contribution in [2.24, 2.45) is 0 Å². The zero-order valence-corrected chi connectivity index (χ0v) is 34.7. The Balaban J connectivity index is 0.00000703. The molecule has 0 fully saturated rings. The van der Waals surface area contributed by atoms with Gasteiger partial charge in [0.1, 0.15) is 11.5 Å². The van der Waals surface area contributed by atoms with Crippen LogP contribution in [0.3, 0.4) is 0 Å². The Labute approximate surface area is 363 Å². The summed E-state index contributed by atoms with van der Waals surface area (Å²) in [5.41, 5.74) is 1.23. The van der Waals surface area contributed by atoms with Crippen LogP contribution >= 0.6 is 0 Å². The van der Waals surface area contributed by atoms with Gasteiger partial charge in [-0.25, -0.2) is 4.98 Å². The zero-order valence-electron chi connectivity index (χ0n) is 45.4. The Hall–Kier alpha value is -5.15. The van der Waals surface area contributed by atoms with Crippen LogP contribution in [0.2, 0.25) is 0 Å². The van der Waals surface area contributed by atoms with Crippen molar-refractivity contribution in [3.05, 3.63) is 137 Å². The number of nitrogens with zero attached hydrogens (tertiary/aromatic N) is 5. The van der Waals surface area contributed by atoms with Crippen LogP contribution in [-0.4, -0.2) is 20.5 Å². The monoisotopic (exact) mass is 931 g/mol. The van der Waals surface area contributed by atoms with Crippen LogP contribution in [0, 0.1) is 26.0 Å². The summed E-state index contributed by atoms with van der Waals surface area (Å²) in [6.45, 7) is 5.92. The standard InChI is InChI=1S/C49H49N5O.Pt/c1-31-24-41-40-21-20-38(29-44(40)54(46(41)32(2)51-31)45-27-34(22-23-50-45)48(6,7)8)55-39-26-35(49(9,10)11)25-37(28-39)53-30-52(42-14-12-13-15-43(42)53)36-18-16-33(17-19-36)47(3,4)5;/h12-27H,1-11H3;/q;+2/i3D3,4D3,5D3,12D,13D,14D,15D;. The molecule has 0 saturated carbocycles. The molecular formula is C49H49N5OPt+2. The van der Waals surface area contributed by atoms with Crippen LogP contribution in [0.25, 0.3) is 27.6 Å². The largest absolute Gasteiger partial charge is 2.00 e. The Morgan fingerprint density at radius 2 is 1.43 bits per heavy atom. The van der Waals surface area contributed by atoms with Gasteiger partial charge >= 0.3 is 27.1 Å².